The number of rotatable bonds is 5. The second-order valence-electron chi connectivity index (χ2n) is 7.95. The molecular weight excluding hydrogens is 358 g/mol. The van der Waals surface area contributed by atoms with Gasteiger partial charge in [0.1, 0.15) is 0 Å². The third-order valence-corrected chi connectivity index (χ3v) is 5.97. The van der Waals surface area contributed by atoms with Crippen LogP contribution in [-0.2, 0) is 11.3 Å². The summed E-state index contributed by atoms with van der Waals surface area (Å²) < 4.78 is 0. The topological polar surface area (TPSA) is 45.2 Å². The van der Waals surface area contributed by atoms with Crippen LogP contribution < -0.4 is 5.32 Å². The first-order chi connectivity index (χ1) is 14.2. The molecule has 0 aliphatic carbocycles. The lowest BCUT2D eigenvalue weighted by atomic mass is 9.95. The van der Waals surface area contributed by atoms with E-state index in [1.807, 2.05) is 37.3 Å². The Balaban J connectivity index is 1.61. The molecule has 1 aromatic heterocycles. The summed E-state index contributed by atoms with van der Waals surface area (Å²) in [4.78, 5) is 20.2. The van der Waals surface area contributed by atoms with Crippen LogP contribution >= 0.6 is 0 Å². The Kier molecular flexibility index (Phi) is 6.20. The predicted octanol–water partition coefficient (Wildman–Crippen LogP) is 4.51. The Morgan fingerprint density at radius 1 is 1.07 bits per heavy atom. The van der Waals surface area contributed by atoms with Crippen LogP contribution in [0.1, 0.15) is 43.4 Å². The van der Waals surface area contributed by atoms with E-state index in [0.29, 0.717) is 6.54 Å². The maximum Gasteiger partial charge on any atom is 0.230 e. The molecule has 4 rings (SSSR count). The number of fused-ring (bicyclic) bond motifs is 1. The highest BCUT2D eigenvalue weighted by molar-refractivity contribution is 5.87. The first-order valence-electron chi connectivity index (χ1n) is 10.6. The standard InChI is InChI=1S/C25H29N3O/c1-19(21-12-11-20-7-2-3-8-22(20)17-21)25(29)28(18-23-9-4-5-15-27-23)24-10-6-14-26-16-13-24/h2-5,7-9,11-12,15,17,19,24,26H,6,10,13-14,16,18H2,1H3. The summed E-state index contributed by atoms with van der Waals surface area (Å²) in [5.41, 5.74) is 2.02. The lowest BCUT2D eigenvalue weighted by molar-refractivity contribution is -0.135. The van der Waals surface area contributed by atoms with Gasteiger partial charge in [-0.2, -0.15) is 0 Å². The van der Waals surface area contributed by atoms with E-state index in [9.17, 15) is 4.79 Å². The summed E-state index contributed by atoms with van der Waals surface area (Å²) in [7, 11) is 0. The number of carbonyl (C=O) groups excluding carboxylic acids is 1. The van der Waals surface area contributed by atoms with Crippen molar-refractivity contribution < 1.29 is 4.79 Å². The Hall–Kier alpha value is -2.72. The molecule has 0 spiro atoms. The molecule has 1 aliphatic heterocycles. The molecule has 2 heterocycles. The molecule has 1 N–H and O–H groups in total. The van der Waals surface area contributed by atoms with Crippen LogP contribution in [0.15, 0.2) is 66.9 Å². The average molecular weight is 388 g/mol. The van der Waals surface area contributed by atoms with Gasteiger partial charge in [0.15, 0.2) is 0 Å². The summed E-state index contributed by atoms with van der Waals surface area (Å²) in [6.45, 7) is 4.60. The fraction of sp³-hybridized carbons (Fsp3) is 0.360. The summed E-state index contributed by atoms with van der Waals surface area (Å²) in [6.07, 6.45) is 4.93. The smallest absolute Gasteiger partial charge is 0.230 e. The summed E-state index contributed by atoms with van der Waals surface area (Å²) >= 11 is 0. The average Bonchev–Trinajstić information content (AvgIpc) is 3.06. The van der Waals surface area contributed by atoms with Crippen molar-refractivity contribution in [1.82, 2.24) is 15.2 Å². The normalized spacial score (nSPS) is 18.2. The monoisotopic (exact) mass is 387 g/mol. The Bertz CT molecular complexity index is 948. The zero-order valence-corrected chi connectivity index (χ0v) is 17.1. The quantitative estimate of drug-likeness (QED) is 0.701. The van der Waals surface area contributed by atoms with E-state index in [1.54, 1.807) is 6.20 Å². The van der Waals surface area contributed by atoms with Crippen LogP contribution in [0.4, 0.5) is 0 Å². The molecule has 1 amide bonds. The molecule has 1 fully saturated rings. The van der Waals surface area contributed by atoms with Crippen LogP contribution in [0, 0.1) is 0 Å². The fourth-order valence-electron chi connectivity index (χ4n) is 4.23. The molecular formula is C25H29N3O. The molecule has 2 aromatic carbocycles. The van der Waals surface area contributed by atoms with Crippen LogP contribution in [0.5, 0.6) is 0 Å². The molecule has 1 aliphatic rings. The van der Waals surface area contributed by atoms with Crippen LogP contribution in [0.3, 0.4) is 0 Å². The van der Waals surface area contributed by atoms with Crippen LogP contribution in [0.2, 0.25) is 0 Å². The highest BCUT2D eigenvalue weighted by Gasteiger charge is 2.29. The van der Waals surface area contributed by atoms with E-state index in [4.69, 9.17) is 0 Å². The Labute approximate surface area is 173 Å². The molecule has 3 aromatic rings. The summed E-state index contributed by atoms with van der Waals surface area (Å²) in [5, 5.41) is 5.85. The number of nitrogens with zero attached hydrogens (tertiary/aromatic N) is 2. The van der Waals surface area contributed by atoms with E-state index in [-0.39, 0.29) is 17.9 Å². The lowest BCUT2D eigenvalue weighted by Crippen LogP contribution is -2.42. The van der Waals surface area contributed by atoms with Crippen molar-refractivity contribution in [2.75, 3.05) is 13.1 Å². The van der Waals surface area contributed by atoms with Gasteiger partial charge in [-0.1, -0.05) is 48.5 Å². The zero-order chi connectivity index (χ0) is 20.1. The Morgan fingerprint density at radius 2 is 1.90 bits per heavy atom. The number of hydrogen-bond acceptors (Lipinski definition) is 3. The van der Waals surface area contributed by atoms with Crippen molar-refractivity contribution in [3.05, 3.63) is 78.1 Å². The van der Waals surface area contributed by atoms with E-state index < -0.39 is 0 Å². The van der Waals surface area contributed by atoms with Crippen molar-refractivity contribution in [2.24, 2.45) is 0 Å². The van der Waals surface area contributed by atoms with Crippen molar-refractivity contribution in [3.8, 4) is 0 Å². The molecule has 0 radical (unpaired) electrons. The highest BCUT2D eigenvalue weighted by atomic mass is 16.2. The molecule has 0 bridgehead atoms. The predicted molar refractivity (Wildman–Crippen MR) is 118 cm³/mol. The van der Waals surface area contributed by atoms with Gasteiger partial charge in [0, 0.05) is 12.2 Å². The van der Waals surface area contributed by atoms with Gasteiger partial charge in [0.25, 0.3) is 0 Å². The van der Waals surface area contributed by atoms with E-state index in [2.05, 4.69) is 45.5 Å². The minimum Gasteiger partial charge on any atom is -0.333 e. The third kappa shape index (κ3) is 4.65. The highest BCUT2D eigenvalue weighted by Crippen LogP contribution is 2.26. The van der Waals surface area contributed by atoms with Gasteiger partial charge in [-0.15, -0.1) is 0 Å². The SMILES string of the molecule is CC(C(=O)N(Cc1ccccn1)C1CCCNCC1)c1ccc2ccccc2c1. The van der Waals surface area contributed by atoms with Gasteiger partial charge in [0.05, 0.1) is 18.2 Å². The number of nitrogens with one attached hydrogen (secondary N) is 1. The van der Waals surface area contributed by atoms with Gasteiger partial charge in [0.2, 0.25) is 5.91 Å². The van der Waals surface area contributed by atoms with Crippen molar-refractivity contribution in [3.63, 3.8) is 0 Å². The van der Waals surface area contributed by atoms with Gasteiger partial charge in [-0.05, 0) is 67.7 Å². The van der Waals surface area contributed by atoms with Crippen molar-refractivity contribution in [1.29, 1.82) is 0 Å². The van der Waals surface area contributed by atoms with Gasteiger partial charge in [-0.3, -0.25) is 9.78 Å². The van der Waals surface area contributed by atoms with Gasteiger partial charge < -0.3 is 10.2 Å². The minimum absolute atomic E-state index is 0.181. The second-order valence-corrected chi connectivity index (χ2v) is 7.95. The molecule has 0 saturated carbocycles. The molecule has 150 valence electrons. The van der Waals surface area contributed by atoms with Gasteiger partial charge >= 0.3 is 0 Å². The summed E-state index contributed by atoms with van der Waals surface area (Å²) in [6, 6.07) is 20.9. The molecule has 2 atom stereocenters. The van der Waals surface area contributed by atoms with Crippen molar-refractivity contribution in [2.45, 2.75) is 44.7 Å². The first-order valence-corrected chi connectivity index (χ1v) is 10.6. The summed E-state index contributed by atoms with van der Waals surface area (Å²) in [5.74, 6) is 0.0114. The van der Waals surface area contributed by atoms with E-state index in [0.717, 1.165) is 43.6 Å². The number of amides is 1. The number of pyridine rings is 1. The maximum atomic E-state index is 13.7. The minimum atomic E-state index is -0.181. The zero-order valence-electron chi connectivity index (χ0n) is 17.1. The molecule has 2 unspecified atom stereocenters. The number of benzene rings is 2. The molecule has 1 saturated heterocycles. The van der Waals surface area contributed by atoms with Crippen LogP contribution in [-0.4, -0.2) is 34.9 Å². The number of aromatic nitrogens is 1. The second kappa shape index (κ2) is 9.19. The molecule has 4 heteroatoms. The Morgan fingerprint density at radius 3 is 2.72 bits per heavy atom. The number of hydrogen-bond donors (Lipinski definition) is 1. The third-order valence-electron chi connectivity index (χ3n) is 5.97. The number of carbonyl (C=O) groups is 1. The van der Waals surface area contributed by atoms with E-state index >= 15 is 0 Å². The molecule has 4 nitrogen and oxygen atoms in total. The van der Waals surface area contributed by atoms with E-state index in [1.165, 1.54) is 10.8 Å². The maximum absolute atomic E-state index is 13.7. The van der Waals surface area contributed by atoms with Gasteiger partial charge in [-0.25, -0.2) is 0 Å². The fourth-order valence-corrected chi connectivity index (χ4v) is 4.23. The largest absolute Gasteiger partial charge is 0.333 e. The van der Waals surface area contributed by atoms with Crippen LogP contribution in [0.25, 0.3) is 10.8 Å². The molecule has 29 heavy (non-hydrogen) atoms. The lowest BCUT2D eigenvalue weighted by Gasteiger charge is -2.33. The van der Waals surface area contributed by atoms with Crippen molar-refractivity contribution >= 4 is 16.7 Å². The first kappa shape index (κ1) is 19.6.